The Bertz CT molecular complexity index is 472. The van der Waals surface area contributed by atoms with E-state index in [-0.39, 0.29) is 0 Å². The maximum absolute atomic E-state index is 6.04. The first-order valence-electron chi connectivity index (χ1n) is 8.49. The van der Waals surface area contributed by atoms with Gasteiger partial charge in [0.2, 0.25) is 0 Å². The third kappa shape index (κ3) is 7.71. The minimum absolute atomic E-state index is 0.773. The molecular formula is C18H31ClN4. The fourth-order valence-electron chi connectivity index (χ4n) is 2.57. The highest BCUT2D eigenvalue weighted by Crippen LogP contribution is 2.12. The van der Waals surface area contributed by atoms with Crippen molar-refractivity contribution in [1.29, 1.82) is 0 Å². The maximum atomic E-state index is 6.04. The zero-order valence-corrected chi connectivity index (χ0v) is 15.7. The lowest BCUT2D eigenvalue weighted by atomic mass is 10.2. The molecule has 0 aliphatic rings. The number of nitrogens with zero attached hydrogens (tertiary/aromatic N) is 3. The number of halogens is 1. The van der Waals surface area contributed by atoms with Crippen LogP contribution in [0.2, 0.25) is 5.02 Å². The Labute approximate surface area is 146 Å². The second kappa shape index (κ2) is 11.3. The molecule has 23 heavy (non-hydrogen) atoms. The molecule has 0 amide bonds. The van der Waals surface area contributed by atoms with Crippen LogP contribution < -0.4 is 5.32 Å². The highest BCUT2D eigenvalue weighted by Gasteiger charge is 2.06. The summed E-state index contributed by atoms with van der Waals surface area (Å²) in [6.45, 7) is 9.61. The van der Waals surface area contributed by atoms with Crippen molar-refractivity contribution in [3.8, 4) is 0 Å². The van der Waals surface area contributed by atoms with Crippen molar-refractivity contribution in [3.05, 3.63) is 34.9 Å². The van der Waals surface area contributed by atoms with Crippen LogP contribution in [0.25, 0.3) is 0 Å². The van der Waals surface area contributed by atoms with Crippen molar-refractivity contribution in [3.63, 3.8) is 0 Å². The summed E-state index contributed by atoms with van der Waals surface area (Å²) in [6, 6.07) is 7.96. The molecular weight excluding hydrogens is 308 g/mol. The first-order valence-corrected chi connectivity index (χ1v) is 8.87. The molecule has 0 atom stereocenters. The van der Waals surface area contributed by atoms with Gasteiger partial charge in [-0.25, -0.2) is 0 Å². The van der Waals surface area contributed by atoms with Crippen molar-refractivity contribution in [2.24, 2.45) is 4.99 Å². The molecule has 0 heterocycles. The van der Waals surface area contributed by atoms with Crippen LogP contribution in [0.5, 0.6) is 0 Å². The summed E-state index contributed by atoms with van der Waals surface area (Å²) < 4.78 is 0. The van der Waals surface area contributed by atoms with E-state index in [9.17, 15) is 0 Å². The highest BCUT2D eigenvalue weighted by molar-refractivity contribution is 6.30. The number of hydrogen-bond acceptors (Lipinski definition) is 2. The molecule has 1 N–H and O–H groups in total. The number of unbranched alkanes of at least 4 members (excludes halogenated alkanes) is 1. The van der Waals surface area contributed by atoms with Crippen LogP contribution in [0.1, 0.15) is 32.3 Å². The first kappa shape index (κ1) is 19.8. The zero-order valence-electron chi connectivity index (χ0n) is 15.0. The topological polar surface area (TPSA) is 30.9 Å². The van der Waals surface area contributed by atoms with Gasteiger partial charge in [0, 0.05) is 32.2 Å². The maximum Gasteiger partial charge on any atom is 0.193 e. The molecule has 1 aromatic rings. The summed E-state index contributed by atoms with van der Waals surface area (Å²) in [5.41, 5.74) is 1.18. The van der Waals surface area contributed by atoms with Crippen molar-refractivity contribution < 1.29 is 0 Å². The second-order valence-corrected chi connectivity index (χ2v) is 6.13. The van der Waals surface area contributed by atoms with Crippen LogP contribution in [0.15, 0.2) is 29.3 Å². The van der Waals surface area contributed by atoms with Gasteiger partial charge < -0.3 is 15.1 Å². The Balaban J connectivity index is 2.33. The van der Waals surface area contributed by atoms with Crippen molar-refractivity contribution in [1.82, 2.24) is 15.1 Å². The lowest BCUT2D eigenvalue weighted by molar-refractivity contribution is 0.297. The third-order valence-corrected chi connectivity index (χ3v) is 4.20. The average molecular weight is 339 g/mol. The second-order valence-electron chi connectivity index (χ2n) is 5.69. The van der Waals surface area contributed by atoms with Crippen LogP contribution in [-0.2, 0) is 6.54 Å². The van der Waals surface area contributed by atoms with E-state index < -0.39 is 0 Å². The molecule has 0 unspecified atom stereocenters. The minimum Gasteiger partial charge on any atom is -0.356 e. The van der Waals surface area contributed by atoms with Gasteiger partial charge in [-0.2, -0.15) is 0 Å². The van der Waals surface area contributed by atoms with Gasteiger partial charge in [0.1, 0.15) is 0 Å². The predicted molar refractivity (Wildman–Crippen MR) is 101 cm³/mol. The molecule has 0 radical (unpaired) electrons. The van der Waals surface area contributed by atoms with E-state index in [1.807, 2.05) is 32.3 Å². The monoisotopic (exact) mass is 338 g/mol. The highest BCUT2D eigenvalue weighted by atomic mass is 35.5. The molecule has 4 nitrogen and oxygen atoms in total. The van der Waals surface area contributed by atoms with Crippen molar-refractivity contribution >= 4 is 17.6 Å². The number of benzene rings is 1. The molecule has 0 spiro atoms. The molecule has 5 heteroatoms. The van der Waals surface area contributed by atoms with Gasteiger partial charge >= 0.3 is 0 Å². The Kier molecular flexibility index (Phi) is 9.72. The van der Waals surface area contributed by atoms with Gasteiger partial charge in [0.05, 0.1) is 0 Å². The van der Waals surface area contributed by atoms with Crippen LogP contribution in [0.3, 0.4) is 0 Å². The summed E-state index contributed by atoms with van der Waals surface area (Å²) in [5, 5.41) is 4.21. The lowest BCUT2D eigenvalue weighted by Crippen LogP contribution is -2.39. The summed E-state index contributed by atoms with van der Waals surface area (Å²) >= 11 is 6.04. The number of aliphatic imine (C=N–C) groups is 1. The van der Waals surface area contributed by atoms with Crippen LogP contribution in [-0.4, -0.2) is 56.0 Å². The molecule has 0 fully saturated rings. The van der Waals surface area contributed by atoms with Crippen LogP contribution >= 0.6 is 11.6 Å². The fourth-order valence-corrected chi connectivity index (χ4v) is 2.78. The van der Waals surface area contributed by atoms with Crippen molar-refractivity contribution in [2.75, 3.05) is 40.3 Å². The van der Waals surface area contributed by atoms with Crippen LogP contribution in [0.4, 0.5) is 0 Å². The summed E-state index contributed by atoms with van der Waals surface area (Å²) in [4.78, 5) is 8.94. The van der Waals surface area contributed by atoms with E-state index in [0.717, 1.165) is 43.6 Å². The van der Waals surface area contributed by atoms with E-state index in [0.29, 0.717) is 0 Å². The number of nitrogens with one attached hydrogen (secondary N) is 1. The van der Waals surface area contributed by atoms with E-state index >= 15 is 0 Å². The molecule has 0 aromatic heterocycles. The summed E-state index contributed by atoms with van der Waals surface area (Å²) in [7, 11) is 3.87. The smallest absolute Gasteiger partial charge is 0.193 e. The molecule has 0 saturated heterocycles. The molecule has 0 saturated carbocycles. The van der Waals surface area contributed by atoms with Gasteiger partial charge in [0.25, 0.3) is 0 Å². The fraction of sp³-hybridized carbons (Fsp3) is 0.611. The Hall–Kier alpha value is -1.26. The van der Waals surface area contributed by atoms with Crippen molar-refractivity contribution in [2.45, 2.75) is 33.2 Å². The lowest BCUT2D eigenvalue weighted by Gasteiger charge is -2.22. The largest absolute Gasteiger partial charge is 0.356 e. The SMILES string of the molecule is CCN(CC)CCCCNC(=NC)N(C)Cc1cccc(Cl)c1. The summed E-state index contributed by atoms with van der Waals surface area (Å²) in [6.07, 6.45) is 2.37. The standard InChI is InChI=1S/C18H31ClN4/c1-5-23(6-2)13-8-7-12-21-18(20-3)22(4)15-16-10-9-11-17(19)14-16/h9-11,14H,5-8,12-13,15H2,1-4H3,(H,20,21). The van der Waals surface area contributed by atoms with Gasteiger partial charge in [-0.3, -0.25) is 4.99 Å². The molecule has 0 bridgehead atoms. The Morgan fingerprint density at radius 1 is 1.22 bits per heavy atom. The quantitative estimate of drug-likeness (QED) is 0.425. The van der Waals surface area contributed by atoms with E-state index in [4.69, 9.17) is 11.6 Å². The average Bonchev–Trinajstić information content (AvgIpc) is 2.54. The predicted octanol–water partition coefficient (Wildman–Crippen LogP) is 3.47. The van der Waals surface area contributed by atoms with Gasteiger partial charge in [-0.05, 0) is 50.2 Å². The normalized spacial score (nSPS) is 11.8. The number of hydrogen-bond donors (Lipinski definition) is 1. The molecule has 1 aromatic carbocycles. The molecule has 0 aliphatic carbocycles. The molecule has 130 valence electrons. The summed E-state index contributed by atoms with van der Waals surface area (Å²) in [5.74, 6) is 0.924. The zero-order chi connectivity index (χ0) is 17.1. The first-order chi connectivity index (χ1) is 11.1. The third-order valence-electron chi connectivity index (χ3n) is 3.96. The minimum atomic E-state index is 0.773. The van der Waals surface area contributed by atoms with E-state index in [2.05, 4.69) is 40.0 Å². The number of guanidine groups is 1. The van der Waals surface area contributed by atoms with E-state index in [1.165, 1.54) is 18.5 Å². The van der Waals surface area contributed by atoms with Gasteiger partial charge in [-0.1, -0.05) is 37.6 Å². The van der Waals surface area contributed by atoms with E-state index in [1.54, 1.807) is 0 Å². The Morgan fingerprint density at radius 2 is 1.96 bits per heavy atom. The Morgan fingerprint density at radius 3 is 2.57 bits per heavy atom. The molecule has 0 aliphatic heterocycles. The van der Waals surface area contributed by atoms with Crippen LogP contribution in [0, 0.1) is 0 Å². The number of rotatable bonds is 9. The molecule has 1 rings (SSSR count). The van der Waals surface area contributed by atoms with Gasteiger partial charge in [0.15, 0.2) is 5.96 Å². The van der Waals surface area contributed by atoms with Gasteiger partial charge in [-0.15, -0.1) is 0 Å².